The van der Waals surface area contributed by atoms with Crippen molar-refractivity contribution in [3.05, 3.63) is 58.9 Å². The second kappa shape index (κ2) is 11.9. The Labute approximate surface area is 270 Å². The molecule has 2 aromatic carbocycles. The maximum atomic E-state index is 12.5. The van der Waals surface area contributed by atoms with Gasteiger partial charge in [-0.3, -0.25) is 24.4 Å². The maximum Gasteiger partial charge on any atom is 0.235 e. The van der Waals surface area contributed by atoms with E-state index in [1.165, 1.54) is 0 Å². The summed E-state index contributed by atoms with van der Waals surface area (Å²) in [5, 5.41) is 15.3. The Kier molecular flexibility index (Phi) is 7.73. The molecule has 0 saturated carbocycles. The molecular formula is C32H34ClN9O4. The number of fused-ring (bicyclic) bond motifs is 2. The molecule has 0 radical (unpaired) electrons. The highest BCUT2D eigenvalue weighted by atomic mass is 35.5. The van der Waals surface area contributed by atoms with Gasteiger partial charge in [0, 0.05) is 63.2 Å². The highest BCUT2D eigenvalue weighted by molar-refractivity contribution is 6.32. The number of anilines is 5. The number of amides is 3. The lowest BCUT2D eigenvalue weighted by molar-refractivity contribution is -0.134. The van der Waals surface area contributed by atoms with Crippen molar-refractivity contribution in [1.29, 1.82) is 0 Å². The van der Waals surface area contributed by atoms with E-state index in [0.717, 1.165) is 39.9 Å². The summed E-state index contributed by atoms with van der Waals surface area (Å²) in [6.07, 6.45) is 3.33. The van der Waals surface area contributed by atoms with Gasteiger partial charge >= 0.3 is 0 Å². The number of aromatic nitrogens is 4. The van der Waals surface area contributed by atoms with Crippen LogP contribution in [-0.4, -0.2) is 76.9 Å². The lowest BCUT2D eigenvalue weighted by Gasteiger charge is -2.38. The number of hydrogen-bond donors (Lipinski definition) is 3. The van der Waals surface area contributed by atoms with E-state index in [-0.39, 0.29) is 29.9 Å². The van der Waals surface area contributed by atoms with Crippen LogP contribution < -0.4 is 25.8 Å². The predicted molar refractivity (Wildman–Crippen MR) is 175 cm³/mol. The van der Waals surface area contributed by atoms with E-state index in [1.54, 1.807) is 29.9 Å². The predicted octanol–water partition coefficient (Wildman–Crippen LogP) is 3.51. The minimum Gasteiger partial charge on any atom is -0.379 e. The van der Waals surface area contributed by atoms with Crippen LogP contribution in [0.3, 0.4) is 0 Å². The molecule has 1 unspecified atom stereocenters. The molecule has 13 nitrogen and oxygen atoms in total. The van der Waals surface area contributed by atoms with Crippen LogP contribution in [0.15, 0.2) is 42.6 Å². The molecule has 3 amide bonds. The van der Waals surface area contributed by atoms with Gasteiger partial charge in [-0.15, -0.1) is 0 Å². The minimum absolute atomic E-state index is 0.0266. The van der Waals surface area contributed by atoms with Crippen molar-refractivity contribution in [1.82, 2.24) is 25.1 Å². The Morgan fingerprint density at radius 1 is 1.07 bits per heavy atom. The van der Waals surface area contributed by atoms with E-state index in [2.05, 4.69) is 30.9 Å². The quantitative estimate of drug-likeness (QED) is 0.256. The summed E-state index contributed by atoms with van der Waals surface area (Å²) in [6, 6.07) is 11.8. The average Bonchev–Trinajstić information content (AvgIpc) is 3.52. The summed E-state index contributed by atoms with van der Waals surface area (Å²) in [5.74, 6) is 0.107. The van der Waals surface area contributed by atoms with E-state index in [1.807, 2.05) is 43.4 Å². The molecule has 238 valence electrons. The number of likely N-dealkylation sites (N-methyl/N-ethyl adjacent to an activating group) is 1. The Bertz CT molecular complexity index is 1880. The van der Waals surface area contributed by atoms with Crippen molar-refractivity contribution < 1.29 is 19.1 Å². The number of benzene rings is 2. The van der Waals surface area contributed by atoms with Crippen LogP contribution in [0.4, 0.5) is 28.8 Å². The smallest absolute Gasteiger partial charge is 0.235 e. The molecule has 3 atom stereocenters. The maximum absolute atomic E-state index is 12.5. The zero-order valence-corrected chi connectivity index (χ0v) is 26.5. The van der Waals surface area contributed by atoms with Crippen LogP contribution in [0.5, 0.6) is 0 Å². The molecule has 0 spiro atoms. The second-order valence-electron chi connectivity index (χ2n) is 12.0. The lowest BCUT2D eigenvalue weighted by Crippen LogP contribution is -2.51. The summed E-state index contributed by atoms with van der Waals surface area (Å²) in [7, 11) is 5.34. The van der Waals surface area contributed by atoms with Gasteiger partial charge in [-0.05, 0) is 54.8 Å². The summed E-state index contributed by atoms with van der Waals surface area (Å²) >= 11 is 6.49. The van der Waals surface area contributed by atoms with Crippen molar-refractivity contribution in [2.24, 2.45) is 7.05 Å². The number of nitrogens with one attached hydrogen (secondary N) is 3. The molecule has 4 aromatic rings. The molecule has 3 N–H and O–H groups in total. The Morgan fingerprint density at radius 2 is 1.89 bits per heavy atom. The number of piperidine rings is 2. The minimum atomic E-state index is -0.450. The first-order valence-corrected chi connectivity index (χ1v) is 15.6. The molecule has 3 aliphatic heterocycles. The summed E-state index contributed by atoms with van der Waals surface area (Å²) in [6.45, 7) is 1.26. The molecule has 2 saturated heterocycles. The molecule has 2 aromatic heterocycles. The van der Waals surface area contributed by atoms with Crippen molar-refractivity contribution in [3.63, 3.8) is 0 Å². The third-order valence-corrected chi connectivity index (χ3v) is 9.37. The SMILES string of the molecule is CO[C@@H]1CN(c2ncc(Cl)c(Nc3ccc4c(c3)CC(=O)N4C)n2)CC[C@H]1Nc1ccc2c(C3CCC(=O)NC3=O)nn(C)c2c1. The summed E-state index contributed by atoms with van der Waals surface area (Å²) < 4.78 is 7.71. The fraction of sp³-hybridized carbons (Fsp3) is 0.375. The number of ether oxygens (including phenoxy) is 1. The van der Waals surface area contributed by atoms with Gasteiger partial charge in [-0.25, -0.2) is 4.98 Å². The topological polar surface area (TPSA) is 147 Å². The van der Waals surface area contributed by atoms with E-state index >= 15 is 0 Å². The van der Waals surface area contributed by atoms with Crippen LogP contribution in [0.1, 0.15) is 36.4 Å². The van der Waals surface area contributed by atoms with Crippen LogP contribution >= 0.6 is 11.6 Å². The van der Waals surface area contributed by atoms with Gasteiger partial charge in [0.1, 0.15) is 5.02 Å². The molecule has 2 fully saturated rings. The van der Waals surface area contributed by atoms with Gasteiger partial charge < -0.3 is 25.2 Å². The second-order valence-corrected chi connectivity index (χ2v) is 12.4. The third-order valence-electron chi connectivity index (χ3n) is 9.10. The number of carbonyl (C=O) groups excluding carboxylic acids is 3. The number of aryl methyl sites for hydroxylation is 1. The largest absolute Gasteiger partial charge is 0.379 e. The fourth-order valence-electron chi connectivity index (χ4n) is 6.59. The standard InChI is InChI=1S/C32H34ClN9O4/c1-40-24-8-5-18(12-17(24)13-28(40)44)36-30-22(33)15-34-32(38-30)42-11-10-23(26(16-42)46-3)35-19-4-6-20-25(14-19)41(2)39-29(20)21-7-9-27(43)37-31(21)45/h4-6,8,12,14-15,21,23,26,35H,7,9-11,13,16H2,1-3H3,(H,34,36,38)(H,37,43,45)/t21?,23-,26-/m1/s1. The van der Waals surface area contributed by atoms with Gasteiger partial charge in [-0.2, -0.15) is 10.1 Å². The third kappa shape index (κ3) is 5.49. The molecule has 0 aliphatic carbocycles. The number of methoxy groups -OCH3 is 1. The molecule has 3 aliphatic rings. The first-order valence-electron chi connectivity index (χ1n) is 15.2. The van der Waals surface area contributed by atoms with Crippen molar-refractivity contribution >= 4 is 69.1 Å². The highest BCUT2D eigenvalue weighted by Gasteiger charge is 2.33. The number of hydrogen-bond acceptors (Lipinski definition) is 10. The first-order chi connectivity index (χ1) is 22.2. The Morgan fingerprint density at radius 3 is 2.70 bits per heavy atom. The van der Waals surface area contributed by atoms with Gasteiger partial charge in [0.05, 0.1) is 41.9 Å². The zero-order valence-electron chi connectivity index (χ0n) is 25.7. The van der Waals surface area contributed by atoms with Crippen LogP contribution in [0.25, 0.3) is 10.9 Å². The molecule has 46 heavy (non-hydrogen) atoms. The highest BCUT2D eigenvalue weighted by Crippen LogP contribution is 2.34. The van der Waals surface area contributed by atoms with Crippen LogP contribution in [0.2, 0.25) is 5.02 Å². The van der Waals surface area contributed by atoms with Gasteiger partial charge in [0.15, 0.2) is 5.82 Å². The van der Waals surface area contributed by atoms with Crippen molar-refractivity contribution in [3.8, 4) is 0 Å². The van der Waals surface area contributed by atoms with Crippen LogP contribution in [-0.2, 0) is 32.6 Å². The lowest BCUT2D eigenvalue weighted by atomic mass is 9.92. The van der Waals surface area contributed by atoms with E-state index in [4.69, 9.17) is 21.3 Å². The monoisotopic (exact) mass is 643 g/mol. The summed E-state index contributed by atoms with van der Waals surface area (Å²) in [5.41, 5.74) is 5.16. The molecular weight excluding hydrogens is 610 g/mol. The number of carbonyl (C=O) groups is 3. The van der Waals surface area contributed by atoms with E-state index < -0.39 is 5.92 Å². The number of nitrogens with zero attached hydrogens (tertiary/aromatic N) is 6. The number of imide groups is 1. The zero-order chi connectivity index (χ0) is 32.1. The van der Waals surface area contributed by atoms with Gasteiger partial charge in [-0.1, -0.05) is 11.6 Å². The molecule has 0 bridgehead atoms. The van der Waals surface area contributed by atoms with Crippen molar-refractivity contribution in [2.45, 2.75) is 43.7 Å². The van der Waals surface area contributed by atoms with Crippen molar-refractivity contribution in [2.75, 3.05) is 47.7 Å². The number of rotatable bonds is 7. The number of halogens is 1. The molecule has 7 rings (SSSR count). The normalized spacial score (nSPS) is 21.5. The van der Waals surface area contributed by atoms with E-state index in [0.29, 0.717) is 54.8 Å². The van der Waals surface area contributed by atoms with Gasteiger partial charge in [0.25, 0.3) is 0 Å². The first kappa shape index (κ1) is 29.9. The Balaban J connectivity index is 1.04. The average molecular weight is 644 g/mol. The summed E-state index contributed by atoms with van der Waals surface area (Å²) in [4.78, 5) is 49.3. The molecule has 5 heterocycles. The van der Waals surface area contributed by atoms with Gasteiger partial charge in [0.2, 0.25) is 23.7 Å². The van der Waals surface area contributed by atoms with Crippen LogP contribution in [0, 0.1) is 0 Å². The molecule has 14 heteroatoms. The fourth-order valence-corrected chi connectivity index (χ4v) is 6.72. The van der Waals surface area contributed by atoms with E-state index in [9.17, 15) is 14.4 Å². The Hall–Kier alpha value is -4.75.